The predicted octanol–water partition coefficient (Wildman–Crippen LogP) is 2.36. The Kier molecular flexibility index (Phi) is 3.85. The maximum Gasteiger partial charge on any atom is 0.325 e. The maximum atomic E-state index is 12.2. The van der Waals surface area contributed by atoms with Crippen molar-refractivity contribution in [2.45, 2.75) is 18.9 Å². The standard InChI is InChI=1S/C15H14ClN3O3/c16-12-4-2-1-3-9(12)10-7-11(10)15(22)17-13-5-6-19(18-13)8-14(20)21/h1-6,10-11H,7-8H2,(H,20,21)(H,17,18,22)/t10-,11-/m1/s1. The summed E-state index contributed by atoms with van der Waals surface area (Å²) in [5.74, 6) is -0.733. The largest absolute Gasteiger partial charge is 0.480 e. The fraction of sp³-hybridized carbons (Fsp3) is 0.267. The van der Waals surface area contributed by atoms with Crippen LogP contribution in [0.15, 0.2) is 36.5 Å². The predicted molar refractivity (Wildman–Crippen MR) is 80.8 cm³/mol. The second-order valence-electron chi connectivity index (χ2n) is 5.25. The van der Waals surface area contributed by atoms with Crippen LogP contribution in [0.4, 0.5) is 5.82 Å². The van der Waals surface area contributed by atoms with Gasteiger partial charge in [0, 0.05) is 23.2 Å². The van der Waals surface area contributed by atoms with E-state index in [1.807, 2.05) is 24.3 Å². The molecule has 114 valence electrons. The highest BCUT2D eigenvalue weighted by Crippen LogP contribution is 2.49. The number of carboxylic acids is 1. The lowest BCUT2D eigenvalue weighted by atomic mass is 10.1. The van der Waals surface area contributed by atoms with E-state index in [1.54, 1.807) is 6.07 Å². The van der Waals surface area contributed by atoms with Crippen molar-refractivity contribution in [1.29, 1.82) is 0 Å². The fourth-order valence-electron chi connectivity index (χ4n) is 2.48. The first-order valence-corrected chi connectivity index (χ1v) is 7.23. The van der Waals surface area contributed by atoms with Gasteiger partial charge in [-0.15, -0.1) is 0 Å². The molecule has 2 aromatic rings. The van der Waals surface area contributed by atoms with Crippen LogP contribution in [0.1, 0.15) is 17.9 Å². The molecule has 6 nitrogen and oxygen atoms in total. The van der Waals surface area contributed by atoms with E-state index in [2.05, 4.69) is 10.4 Å². The number of halogens is 1. The lowest BCUT2D eigenvalue weighted by Crippen LogP contribution is -2.16. The molecule has 22 heavy (non-hydrogen) atoms. The third-order valence-electron chi connectivity index (χ3n) is 3.62. The van der Waals surface area contributed by atoms with Crippen LogP contribution in [0, 0.1) is 5.92 Å². The van der Waals surface area contributed by atoms with E-state index in [4.69, 9.17) is 16.7 Å². The van der Waals surface area contributed by atoms with Gasteiger partial charge in [-0.25, -0.2) is 0 Å². The van der Waals surface area contributed by atoms with Crippen LogP contribution in [0.2, 0.25) is 5.02 Å². The number of aromatic nitrogens is 2. The monoisotopic (exact) mass is 319 g/mol. The van der Waals surface area contributed by atoms with Crippen molar-refractivity contribution in [3.8, 4) is 0 Å². The molecule has 0 radical (unpaired) electrons. The summed E-state index contributed by atoms with van der Waals surface area (Å²) in [6.45, 7) is -0.235. The van der Waals surface area contributed by atoms with Crippen LogP contribution in [0.5, 0.6) is 0 Å². The SMILES string of the molecule is O=C(O)Cn1ccc(NC(=O)[C@@H]2C[C@@H]2c2ccccc2Cl)n1. The van der Waals surface area contributed by atoms with Gasteiger partial charge < -0.3 is 10.4 Å². The number of carbonyl (C=O) groups is 2. The number of carboxylic acid groups (broad SMARTS) is 1. The molecule has 1 amide bonds. The number of rotatable bonds is 5. The summed E-state index contributed by atoms with van der Waals surface area (Å²) in [4.78, 5) is 22.8. The van der Waals surface area contributed by atoms with E-state index in [0.717, 1.165) is 12.0 Å². The Morgan fingerprint density at radius 3 is 2.86 bits per heavy atom. The second kappa shape index (κ2) is 5.81. The zero-order valence-corrected chi connectivity index (χ0v) is 12.3. The number of hydrogen-bond acceptors (Lipinski definition) is 3. The summed E-state index contributed by atoms with van der Waals surface area (Å²) in [7, 11) is 0. The second-order valence-corrected chi connectivity index (χ2v) is 5.66. The summed E-state index contributed by atoms with van der Waals surface area (Å²) < 4.78 is 1.26. The molecule has 3 rings (SSSR count). The molecule has 2 N–H and O–H groups in total. The molecule has 0 saturated heterocycles. The van der Waals surface area contributed by atoms with Crippen LogP contribution in [-0.2, 0) is 16.1 Å². The molecule has 0 unspecified atom stereocenters. The number of benzene rings is 1. The highest BCUT2D eigenvalue weighted by Gasteiger charge is 2.44. The van der Waals surface area contributed by atoms with Crippen molar-refractivity contribution >= 4 is 29.3 Å². The van der Waals surface area contributed by atoms with Crippen LogP contribution >= 0.6 is 11.6 Å². The van der Waals surface area contributed by atoms with Gasteiger partial charge in [-0.3, -0.25) is 14.3 Å². The number of carbonyl (C=O) groups excluding carboxylic acids is 1. The average Bonchev–Trinajstić information content (AvgIpc) is 3.14. The quantitative estimate of drug-likeness (QED) is 0.886. The molecular weight excluding hydrogens is 306 g/mol. The Labute approximate surface area is 131 Å². The van der Waals surface area contributed by atoms with Gasteiger partial charge in [0.25, 0.3) is 0 Å². The van der Waals surface area contributed by atoms with Crippen molar-refractivity contribution < 1.29 is 14.7 Å². The van der Waals surface area contributed by atoms with Crippen LogP contribution in [-0.4, -0.2) is 26.8 Å². The number of aliphatic carboxylic acids is 1. The topological polar surface area (TPSA) is 84.2 Å². The van der Waals surface area contributed by atoms with Crippen molar-refractivity contribution in [1.82, 2.24) is 9.78 Å². The Balaban J connectivity index is 1.61. The third-order valence-corrected chi connectivity index (χ3v) is 3.97. The Morgan fingerprint density at radius 2 is 2.14 bits per heavy atom. The first-order chi connectivity index (χ1) is 10.5. The van der Waals surface area contributed by atoms with Crippen molar-refractivity contribution in [3.05, 3.63) is 47.1 Å². The van der Waals surface area contributed by atoms with E-state index in [0.29, 0.717) is 10.8 Å². The summed E-state index contributed by atoms with van der Waals surface area (Å²) in [6, 6.07) is 9.09. The lowest BCUT2D eigenvalue weighted by Gasteiger charge is -2.04. The van der Waals surface area contributed by atoms with E-state index in [-0.39, 0.29) is 24.3 Å². The minimum Gasteiger partial charge on any atom is -0.480 e. The molecule has 2 atom stereocenters. The summed E-state index contributed by atoms with van der Waals surface area (Å²) in [5.41, 5.74) is 0.987. The average molecular weight is 320 g/mol. The number of hydrogen-bond donors (Lipinski definition) is 2. The van der Waals surface area contributed by atoms with Gasteiger partial charge >= 0.3 is 5.97 Å². The molecule has 7 heteroatoms. The maximum absolute atomic E-state index is 12.2. The van der Waals surface area contributed by atoms with Gasteiger partial charge in [0.2, 0.25) is 5.91 Å². The Morgan fingerprint density at radius 1 is 1.36 bits per heavy atom. The van der Waals surface area contributed by atoms with Crippen molar-refractivity contribution in [2.75, 3.05) is 5.32 Å². The molecule has 1 saturated carbocycles. The number of nitrogens with zero attached hydrogens (tertiary/aromatic N) is 2. The molecule has 0 bridgehead atoms. The fourth-order valence-corrected chi connectivity index (χ4v) is 2.75. The zero-order valence-electron chi connectivity index (χ0n) is 11.6. The number of anilines is 1. The third kappa shape index (κ3) is 3.12. The van der Waals surface area contributed by atoms with E-state index >= 15 is 0 Å². The van der Waals surface area contributed by atoms with E-state index in [1.165, 1.54) is 10.9 Å². The molecular formula is C15H14ClN3O3. The van der Waals surface area contributed by atoms with Gasteiger partial charge in [-0.05, 0) is 24.0 Å². The highest BCUT2D eigenvalue weighted by atomic mass is 35.5. The van der Waals surface area contributed by atoms with Crippen LogP contribution < -0.4 is 5.32 Å². The first-order valence-electron chi connectivity index (χ1n) is 6.85. The van der Waals surface area contributed by atoms with Crippen molar-refractivity contribution in [2.24, 2.45) is 5.92 Å². The summed E-state index contributed by atoms with van der Waals surface area (Å²) in [5, 5.41) is 16.1. The Bertz CT molecular complexity index is 728. The summed E-state index contributed by atoms with van der Waals surface area (Å²) in [6.07, 6.45) is 2.27. The van der Waals surface area contributed by atoms with Gasteiger partial charge in [0.1, 0.15) is 6.54 Å². The molecule has 1 heterocycles. The Hall–Kier alpha value is -2.34. The molecule has 1 aromatic heterocycles. The van der Waals surface area contributed by atoms with Gasteiger partial charge in [0.15, 0.2) is 5.82 Å². The molecule has 1 aliphatic rings. The molecule has 1 aliphatic carbocycles. The van der Waals surface area contributed by atoms with E-state index in [9.17, 15) is 9.59 Å². The normalized spacial score (nSPS) is 19.7. The molecule has 0 spiro atoms. The van der Waals surface area contributed by atoms with Crippen LogP contribution in [0.25, 0.3) is 0 Å². The number of amides is 1. The lowest BCUT2D eigenvalue weighted by molar-refractivity contribution is -0.137. The number of nitrogens with one attached hydrogen (secondary N) is 1. The van der Waals surface area contributed by atoms with Gasteiger partial charge in [-0.1, -0.05) is 29.8 Å². The molecule has 1 aromatic carbocycles. The first kappa shape index (κ1) is 14.6. The minimum absolute atomic E-state index is 0.120. The zero-order chi connectivity index (χ0) is 15.7. The summed E-state index contributed by atoms with van der Waals surface area (Å²) >= 11 is 6.14. The molecule has 1 fully saturated rings. The minimum atomic E-state index is -0.984. The highest BCUT2D eigenvalue weighted by molar-refractivity contribution is 6.31. The van der Waals surface area contributed by atoms with Gasteiger partial charge in [0.05, 0.1) is 0 Å². The van der Waals surface area contributed by atoms with Crippen LogP contribution in [0.3, 0.4) is 0 Å². The van der Waals surface area contributed by atoms with E-state index < -0.39 is 5.97 Å². The van der Waals surface area contributed by atoms with Crippen molar-refractivity contribution in [3.63, 3.8) is 0 Å². The smallest absolute Gasteiger partial charge is 0.325 e. The van der Waals surface area contributed by atoms with Gasteiger partial charge in [-0.2, -0.15) is 5.10 Å². The molecule has 0 aliphatic heterocycles.